The highest BCUT2D eigenvalue weighted by molar-refractivity contribution is 5.84. The Bertz CT molecular complexity index is 280. The van der Waals surface area contributed by atoms with Gasteiger partial charge in [0.25, 0.3) is 0 Å². The van der Waals surface area contributed by atoms with Gasteiger partial charge in [-0.25, -0.2) is 0 Å². The van der Waals surface area contributed by atoms with Crippen molar-refractivity contribution in [1.29, 1.82) is 0 Å². The summed E-state index contributed by atoms with van der Waals surface area (Å²) in [7, 11) is 0. The van der Waals surface area contributed by atoms with Crippen LogP contribution >= 0.6 is 0 Å². The Morgan fingerprint density at radius 2 is 1.72 bits per heavy atom. The van der Waals surface area contributed by atoms with Crippen LogP contribution in [0.2, 0.25) is 0 Å². The lowest BCUT2D eigenvalue weighted by atomic mass is 9.85. The third-order valence-electron chi connectivity index (χ3n) is 3.07. The van der Waals surface area contributed by atoms with E-state index >= 15 is 0 Å². The van der Waals surface area contributed by atoms with E-state index < -0.39 is 0 Å². The Labute approximate surface area is 110 Å². The smallest absolute Gasteiger partial charge is 0.241 e. The summed E-state index contributed by atoms with van der Waals surface area (Å²) in [5.74, 6) is -0.226. The number of nitrogens with zero attached hydrogens (tertiary/aromatic N) is 1. The van der Waals surface area contributed by atoms with Gasteiger partial charge >= 0.3 is 0 Å². The summed E-state index contributed by atoms with van der Waals surface area (Å²) in [6.07, 6.45) is 0.245. The molecule has 0 spiro atoms. The zero-order valence-corrected chi connectivity index (χ0v) is 12.2. The van der Waals surface area contributed by atoms with Crippen molar-refractivity contribution in [3.8, 4) is 0 Å². The maximum Gasteiger partial charge on any atom is 0.241 e. The second-order valence-electron chi connectivity index (χ2n) is 5.52. The van der Waals surface area contributed by atoms with Gasteiger partial charge in [-0.05, 0) is 19.3 Å². The number of amides is 2. The van der Waals surface area contributed by atoms with Gasteiger partial charge in [0.05, 0.1) is 6.54 Å². The fourth-order valence-corrected chi connectivity index (χ4v) is 1.44. The van der Waals surface area contributed by atoms with Gasteiger partial charge in [-0.1, -0.05) is 20.8 Å². The molecule has 0 aromatic carbocycles. The number of rotatable bonds is 6. The highest BCUT2D eigenvalue weighted by atomic mass is 16.2. The number of hydrogen-bond acceptors (Lipinski definition) is 3. The average molecular weight is 257 g/mol. The fourth-order valence-electron chi connectivity index (χ4n) is 1.44. The Balaban J connectivity index is 4.08. The van der Waals surface area contributed by atoms with E-state index in [-0.39, 0.29) is 36.2 Å². The van der Waals surface area contributed by atoms with Crippen molar-refractivity contribution in [3.63, 3.8) is 0 Å². The summed E-state index contributed by atoms with van der Waals surface area (Å²) >= 11 is 0. The number of nitrogens with one attached hydrogen (secondary N) is 1. The molecule has 0 heterocycles. The van der Waals surface area contributed by atoms with Crippen molar-refractivity contribution < 1.29 is 9.59 Å². The lowest BCUT2D eigenvalue weighted by Gasteiger charge is -2.26. The summed E-state index contributed by atoms with van der Waals surface area (Å²) in [4.78, 5) is 25.0. The minimum absolute atomic E-state index is 0.0530. The van der Waals surface area contributed by atoms with Crippen LogP contribution in [0.5, 0.6) is 0 Å². The minimum Gasteiger partial charge on any atom is -0.347 e. The van der Waals surface area contributed by atoms with Crippen LogP contribution in [0.1, 0.15) is 41.0 Å². The van der Waals surface area contributed by atoms with Crippen LogP contribution in [0, 0.1) is 5.41 Å². The molecule has 1 unspecified atom stereocenters. The van der Waals surface area contributed by atoms with E-state index in [0.717, 1.165) is 0 Å². The largest absolute Gasteiger partial charge is 0.347 e. The zero-order chi connectivity index (χ0) is 14.3. The number of carbonyl (C=O) groups excluding carboxylic acids is 2. The Kier molecular flexibility index (Phi) is 6.91. The number of carbonyl (C=O) groups is 2. The lowest BCUT2D eigenvalue weighted by molar-refractivity contribution is -0.132. The van der Waals surface area contributed by atoms with Gasteiger partial charge < -0.3 is 16.0 Å². The molecule has 0 aliphatic heterocycles. The van der Waals surface area contributed by atoms with E-state index in [9.17, 15) is 9.59 Å². The molecular weight excluding hydrogens is 230 g/mol. The molecule has 0 aromatic rings. The average Bonchev–Trinajstić information content (AvgIpc) is 2.26. The van der Waals surface area contributed by atoms with E-state index in [1.54, 1.807) is 4.90 Å². The van der Waals surface area contributed by atoms with Gasteiger partial charge in [-0.2, -0.15) is 0 Å². The molecule has 2 amide bonds. The lowest BCUT2D eigenvalue weighted by Crippen LogP contribution is -2.43. The highest BCUT2D eigenvalue weighted by Gasteiger charge is 2.23. The van der Waals surface area contributed by atoms with Crippen LogP contribution in [0.15, 0.2) is 0 Å². The van der Waals surface area contributed by atoms with Gasteiger partial charge in [-0.15, -0.1) is 0 Å². The predicted molar refractivity (Wildman–Crippen MR) is 73.0 cm³/mol. The molecule has 0 saturated heterocycles. The van der Waals surface area contributed by atoms with E-state index in [4.69, 9.17) is 5.73 Å². The molecule has 0 aromatic heterocycles. The maximum absolute atomic E-state index is 11.7. The summed E-state index contributed by atoms with van der Waals surface area (Å²) in [6.45, 7) is 11.2. The topological polar surface area (TPSA) is 75.4 Å². The second-order valence-corrected chi connectivity index (χ2v) is 5.52. The molecule has 18 heavy (non-hydrogen) atoms. The maximum atomic E-state index is 11.7. The quantitative estimate of drug-likeness (QED) is 0.736. The van der Waals surface area contributed by atoms with Crippen LogP contribution in [0.4, 0.5) is 0 Å². The van der Waals surface area contributed by atoms with Gasteiger partial charge in [0.2, 0.25) is 11.8 Å². The molecule has 5 nitrogen and oxygen atoms in total. The summed E-state index contributed by atoms with van der Waals surface area (Å²) < 4.78 is 0. The summed E-state index contributed by atoms with van der Waals surface area (Å²) in [6, 6.07) is -0.207. The van der Waals surface area contributed by atoms with Crippen molar-refractivity contribution in [2.24, 2.45) is 11.1 Å². The predicted octanol–water partition coefficient (Wildman–Crippen LogP) is 0.735. The Morgan fingerprint density at radius 3 is 2.11 bits per heavy atom. The molecular formula is C13H27N3O2. The first kappa shape index (κ1) is 16.9. The van der Waals surface area contributed by atoms with E-state index in [1.807, 2.05) is 34.6 Å². The number of likely N-dealkylation sites (N-methyl/N-ethyl adjacent to an activating group) is 1. The molecule has 5 heteroatoms. The summed E-state index contributed by atoms with van der Waals surface area (Å²) in [5, 5.41) is 2.62. The molecule has 1 atom stereocenters. The van der Waals surface area contributed by atoms with Crippen LogP contribution < -0.4 is 11.1 Å². The highest BCUT2D eigenvalue weighted by Crippen LogP contribution is 2.19. The molecule has 3 N–H and O–H groups in total. The number of nitrogens with two attached hydrogens (primary N) is 1. The molecule has 0 bridgehead atoms. The molecule has 0 aliphatic rings. The van der Waals surface area contributed by atoms with E-state index in [2.05, 4.69) is 5.32 Å². The molecule has 0 aliphatic carbocycles. The second kappa shape index (κ2) is 7.36. The van der Waals surface area contributed by atoms with Crippen molar-refractivity contribution in [1.82, 2.24) is 10.2 Å². The van der Waals surface area contributed by atoms with Crippen LogP contribution in [0.25, 0.3) is 0 Å². The molecule has 0 saturated carbocycles. The number of hydrogen-bond donors (Lipinski definition) is 2. The first-order valence-corrected chi connectivity index (χ1v) is 6.52. The first-order valence-electron chi connectivity index (χ1n) is 6.52. The first-order chi connectivity index (χ1) is 8.22. The fraction of sp³-hybridized carbons (Fsp3) is 0.846. The monoisotopic (exact) mass is 257 g/mol. The Morgan fingerprint density at radius 1 is 1.22 bits per heavy atom. The van der Waals surface area contributed by atoms with Gasteiger partial charge in [0.15, 0.2) is 0 Å². The van der Waals surface area contributed by atoms with E-state index in [0.29, 0.717) is 13.1 Å². The van der Waals surface area contributed by atoms with Crippen molar-refractivity contribution >= 4 is 11.8 Å². The van der Waals surface area contributed by atoms with Crippen molar-refractivity contribution in [2.75, 3.05) is 19.6 Å². The normalized spacial score (nSPS) is 13.0. The van der Waals surface area contributed by atoms with Crippen molar-refractivity contribution in [3.05, 3.63) is 0 Å². The molecule has 0 fully saturated rings. The van der Waals surface area contributed by atoms with Gasteiger partial charge in [0, 0.05) is 25.6 Å². The Hall–Kier alpha value is -1.10. The third-order valence-corrected chi connectivity index (χ3v) is 3.07. The van der Waals surface area contributed by atoms with Crippen LogP contribution in [0.3, 0.4) is 0 Å². The summed E-state index contributed by atoms with van der Waals surface area (Å²) in [5.41, 5.74) is 5.80. The zero-order valence-electron chi connectivity index (χ0n) is 12.2. The van der Waals surface area contributed by atoms with Crippen molar-refractivity contribution in [2.45, 2.75) is 47.1 Å². The molecule has 0 rings (SSSR count). The SMILES string of the molecule is CCN(CC)C(=O)CNC(=O)CC(N)C(C)(C)C. The van der Waals surface area contributed by atoms with E-state index in [1.165, 1.54) is 0 Å². The molecule has 0 radical (unpaired) electrons. The third kappa shape index (κ3) is 6.00. The van der Waals surface area contributed by atoms with Crippen LogP contribution in [-0.2, 0) is 9.59 Å². The van der Waals surface area contributed by atoms with Gasteiger partial charge in [-0.3, -0.25) is 9.59 Å². The van der Waals surface area contributed by atoms with Gasteiger partial charge in [0.1, 0.15) is 0 Å². The minimum atomic E-state index is -0.207. The standard InChI is InChI=1S/C13H27N3O2/c1-6-16(7-2)12(18)9-15-11(17)8-10(14)13(3,4)5/h10H,6-9,14H2,1-5H3,(H,15,17). The van der Waals surface area contributed by atoms with Crippen LogP contribution in [-0.4, -0.2) is 42.4 Å². The molecule has 106 valence electrons.